The Balaban J connectivity index is 1.09. The lowest BCUT2D eigenvalue weighted by Crippen LogP contribution is -2.39. The van der Waals surface area contributed by atoms with Crippen molar-refractivity contribution in [3.8, 4) is 33.8 Å². The number of carbonyl (C=O) groups excluding carboxylic acids is 1. The van der Waals surface area contributed by atoms with E-state index in [4.69, 9.17) is 14.9 Å². The largest absolute Gasteiger partial charge is 0.465 e. The van der Waals surface area contributed by atoms with Crippen molar-refractivity contribution in [2.75, 3.05) is 7.11 Å². The molecule has 3 aromatic heterocycles. The molecule has 8 rings (SSSR count). The Morgan fingerprint density at radius 3 is 1.84 bits per heavy atom. The number of esters is 1. The molecule has 0 N–H and O–H groups in total. The number of hydrogen-bond acceptors (Lipinski definition) is 7. The molecule has 0 atom stereocenters. The lowest BCUT2D eigenvalue weighted by atomic mass is 9.77. The minimum atomic E-state index is -0.826. The van der Waals surface area contributed by atoms with Crippen molar-refractivity contribution < 1.29 is 9.53 Å². The maximum atomic E-state index is 12.2. The van der Waals surface area contributed by atoms with Gasteiger partial charge in [0.25, 0.3) is 0 Å². The number of pyridine rings is 1. The van der Waals surface area contributed by atoms with E-state index < -0.39 is 11.5 Å². The normalized spacial score (nSPS) is 11.4. The van der Waals surface area contributed by atoms with E-state index in [2.05, 4.69) is 148 Å². The second-order valence-electron chi connectivity index (χ2n) is 13.7. The smallest absolute Gasteiger partial charge is 0.339 e. The molecule has 8 aromatic rings. The summed E-state index contributed by atoms with van der Waals surface area (Å²) in [6, 6.07) is 50.1. The minimum absolute atomic E-state index is 0.400. The molecule has 0 aliphatic heterocycles. The molecular formula is C47H41N7O2. The number of hydrogen-bond donors (Lipinski definition) is 0. The quantitative estimate of drug-likeness (QED) is 0.0860. The maximum Gasteiger partial charge on any atom is 0.339 e. The van der Waals surface area contributed by atoms with Gasteiger partial charge in [0.15, 0.2) is 5.82 Å². The Hall–Kier alpha value is -7.00. The maximum absolute atomic E-state index is 12.2. The SMILES string of the molecule is CCCCc1nc(-c2cncc(C(=O)OC)c2)cn1Cc1ccc(-c2ccc(-c3nnnn3C(c3ccccc3)(c3ccccc3)c3ccccc3)cc2)cc1. The van der Waals surface area contributed by atoms with Crippen molar-refractivity contribution in [3.05, 3.63) is 198 Å². The molecular weight excluding hydrogens is 695 g/mol. The number of benzene rings is 5. The monoisotopic (exact) mass is 735 g/mol. The third-order valence-electron chi connectivity index (χ3n) is 10.2. The zero-order valence-corrected chi connectivity index (χ0v) is 31.4. The predicted octanol–water partition coefficient (Wildman–Crippen LogP) is 9.28. The fourth-order valence-electron chi connectivity index (χ4n) is 7.38. The Morgan fingerprint density at radius 2 is 1.27 bits per heavy atom. The second-order valence-corrected chi connectivity index (χ2v) is 13.7. The van der Waals surface area contributed by atoms with Crippen molar-refractivity contribution in [2.24, 2.45) is 0 Å². The van der Waals surface area contributed by atoms with Crippen LogP contribution in [0.4, 0.5) is 0 Å². The van der Waals surface area contributed by atoms with Crippen LogP contribution in [0.1, 0.15) is 58.2 Å². The first kappa shape index (κ1) is 36.0. The van der Waals surface area contributed by atoms with Crippen molar-refractivity contribution in [2.45, 2.75) is 38.3 Å². The predicted molar refractivity (Wildman–Crippen MR) is 218 cm³/mol. The molecule has 0 amide bonds. The van der Waals surface area contributed by atoms with Crippen LogP contribution in [0.3, 0.4) is 0 Å². The lowest BCUT2D eigenvalue weighted by molar-refractivity contribution is 0.0600. The highest BCUT2D eigenvalue weighted by molar-refractivity contribution is 5.90. The molecule has 0 saturated carbocycles. The van der Waals surface area contributed by atoms with E-state index in [1.54, 1.807) is 12.3 Å². The van der Waals surface area contributed by atoms with E-state index in [9.17, 15) is 4.79 Å². The number of unbranched alkanes of at least 4 members (excludes halogenated alkanes) is 1. The van der Waals surface area contributed by atoms with Gasteiger partial charge in [-0.05, 0) is 56.3 Å². The number of ether oxygens (including phenoxy) is 1. The molecule has 0 radical (unpaired) electrons. The Morgan fingerprint density at radius 1 is 0.696 bits per heavy atom. The van der Waals surface area contributed by atoms with Gasteiger partial charge in [0.05, 0.1) is 18.4 Å². The van der Waals surface area contributed by atoms with Crippen LogP contribution < -0.4 is 0 Å². The summed E-state index contributed by atoms with van der Waals surface area (Å²) in [5, 5.41) is 13.6. The van der Waals surface area contributed by atoms with Crippen LogP contribution in [-0.2, 0) is 23.2 Å². The van der Waals surface area contributed by atoms with Crippen LogP contribution in [0, 0.1) is 0 Å². The Bertz CT molecular complexity index is 2430. The molecule has 0 aliphatic rings. The molecule has 0 unspecified atom stereocenters. The van der Waals surface area contributed by atoms with Gasteiger partial charge in [0.1, 0.15) is 11.4 Å². The molecule has 9 nitrogen and oxygen atoms in total. The van der Waals surface area contributed by atoms with E-state index in [1.807, 2.05) is 29.1 Å². The van der Waals surface area contributed by atoms with Gasteiger partial charge in [-0.2, -0.15) is 0 Å². The third-order valence-corrected chi connectivity index (χ3v) is 10.2. The molecule has 56 heavy (non-hydrogen) atoms. The summed E-state index contributed by atoms with van der Waals surface area (Å²) in [5.74, 6) is 1.24. The minimum Gasteiger partial charge on any atom is -0.465 e. The van der Waals surface area contributed by atoms with Gasteiger partial charge in [-0.1, -0.05) is 153 Å². The van der Waals surface area contributed by atoms with Crippen LogP contribution in [0.15, 0.2) is 164 Å². The fourth-order valence-corrected chi connectivity index (χ4v) is 7.38. The second kappa shape index (κ2) is 16.2. The zero-order chi connectivity index (χ0) is 38.3. The van der Waals surface area contributed by atoms with Crippen molar-refractivity contribution in [1.29, 1.82) is 0 Å². The fraction of sp³-hybridized carbons (Fsp3) is 0.149. The molecule has 5 aromatic carbocycles. The van der Waals surface area contributed by atoms with Gasteiger partial charge in [0, 0.05) is 42.7 Å². The molecule has 0 fully saturated rings. The van der Waals surface area contributed by atoms with Crippen LogP contribution in [0.25, 0.3) is 33.8 Å². The first-order valence-corrected chi connectivity index (χ1v) is 18.8. The average molecular weight is 736 g/mol. The number of aryl methyl sites for hydroxylation is 1. The van der Waals surface area contributed by atoms with Crippen molar-refractivity contribution in [3.63, 3.8) is 0 Å². The Labute approximate surface area is 326 Å². The molecule has 0 aliphatic carbocycles. The van der Waals surface area contributed by atoms with Crippen LogP contribution in [-0.4, -0.2) is 47.8 Å². The van der Waals surface area contributed by atoms with Crippen LogP contribution in [0.5, 0.6) is 0 Å². The summed E-state index contributed by atoms with van der Waals surface area (Å²) < 4.78 is 9.06. The molecule has 0 spiro atoms. The van der Waals surface area contributed by atoms with Crippen LogP contribution >= 0.6 is 0 Å². The van der Waals surface area contributed by atoms with Crippen molar-refractivity contribution in [1.82, 2.24) is 34.7 Å². The number of tetrazole rings is 1. The summed E-state index contributed by atoms with van der Waals surface area (Å²) >= 11 is 0. The number of imidazole rings is 1. The standard InChI is InChI=1S/C47H41N7O2/c1-3-4-20-44-49-43(38-29-39(31-48-30-38)46(55)56-2)33-53(44)32-34-21-23-35(24-22-34)36-25-27-37(28-26-36)45-50-51-52-54(45)47(40-14-8-5-9-15-40,41-16-10-6-11-17-41)42-18-12-7-13-19-42/h5-19,21-31,33H,3-4,20,32H2,1-2H3. The van der Waals surface area contributed by atoms with E-state index in [-0.39, 0.29) is 0 Å². The topological polar surface area (TPSA) is 101 Å². The molecule has 0 bridgehead atoms. The van der Waals surface area contributed by atoms with Crippen molar-refractivity contribution >= 4 is 5.97 Å². The highest BCUT2D eigenvalue weighted by Gasteiger charge is 2.41. The number of nitrogens with zero attached hydrogens (tertiary/aromatic N) is 7. The zero-order valence-electron chi connectivity index (χ0n) is 31.4. The van der Waals surface area contributed by atoms with Gasteiger partial charge >= 0.3 is 5.97 Å². The molecule has 276 valence electrons. The first-order chi connectivity index (χ1) is 27.6. The number of aromatic nitrogens is 7. The summed E-state index contributed by atoms with van der Waals surface area (Å²) in [6.45, 7) is 2.85. The van der Waals surface area contributed by atoms with E-state index >= 15 is 0 Å². The van der Waals surface area contributed by atoms with E-state index in [0.29, 0.717) is 17.9 Å². The summed E-state index contributed by atoms with van der Waals surface area (Å²) in [6.07, 6.45) is 8.25. The van der Waals surface area contributed by atoms with Gasteiger partial charge in [0.2, 0.25) is 0 Å². The van der Waals surface area contributed by atoms with Gasteiger partial charge < -0.3 is 9.30 Å². The molecule has 0 saturated heterocycles. The molecule has 3 heterocycles. The van der Waals surface area contributed by atoms with Gasteiger partial charge in [-0.3, -0.25) is 4.98 Å². The summed E-state index contributed by atoms with van der Waals surface area (Å²) in [5.41, 5.74) is 8.56. The van der Waals surface area contributed by atoms with Crippen LogP contribution in [0.2, 0.25) is 0 Å². The van der Waals surface area contributed by atoms with Gasteiger partial charge in [-0.25, -0.2) is 14.5 Å². The van der Waals surface area contributed by atoms with E-state index in [1.165, 1.54) is 13.3 Å². The summed E-state index contributed by atoms with van der Waals surface area (Å²) in [7, 11) is 1.37. The molecule has 9 heteroatoms. The summed E-state index contributed by atoms with van der Waals surface area (Å²) in [4.78, 5) is 21.4. The Kier molecular flexibility index (Phi) is 10.4. The number of methoxy groups -OCH3 is 1. The third kappa shape index (κ3) is 7.02. The average Bonchev–Trinajstić information content (AvgIpc) is 3.92. The lowest BCUT2D eigenvalue weighted by Gasteiger charge is -2.36. The first-order valence-electron chi connectivity index (χ1n) is 18.8. The highest BCUT2D eigenvalue weighted by Crippen LogP contribution is 2.42. The highest BCUT2D eigenvalue weighted by atomic mass is 16.5. The number of carbonyl (C=O) groups is 1. The van der Waals surface area contributed by atoms with E-state index in [0.717, 1.165) is 75.3 Å². The van der Waals surface area contributed by atoms with Gasteiger partial charge in [-0.15, -0.1) is 5.10 Å². The number of rotatable bonds is 13.